The summed E-state index contributed by atoms with van der Waals surface area (Å²) in [6, 6.07) is 11.8. The van der Waals surface area contributed by atoms with Gasteiger partial charge >= 0.3 is 5.97 Å². The summed E-state index contributed by atoms with van der Waals surface area (Å²) in [6.45, 7) is 3.27. The zero-order valence-corrected chi connectivity index (χ0v) is 13.2. The highest BCUT2D eigenvalue weighted by Crippen LogP contribution is 2.27. The first-order valence-electron chi connectivity index (χ1n) is 7.26. The van der Waals surface area contributed by atoms with Crippen LogP contribution >= 0.6 is 0 Å². The number of allylic oxidation sites excluding steroid dienone is 1. The van der Waals surface area contributed by atoms with Gasteiger partial charge in [-0.3, -0.25) is 10.1 Å². The predicted octanol–water partition coefficient (Wildman–Crippen LogP) is 4.44. The van der Waals surface area contributed by atoms with E-state index in [1.807, 2.05) is 0 Å². The van der Waals surface area contributed by atoms with Gasteiger partial charge in [-0.15, -0.1) is 0 Å². The Bertz CT molecular complexity index is 784. The lowest BCUT2D eigenvalue weighted by molar-refractivity contribution is -0.386. The predicted molar refractivity (Wildman–Crippen MR) is 87.7 cm³/mol. The second-order valence-corrected chi connectivity index (χ2v) is 5.23. The number of carbonyl (C=O) groups excluding carboxylic acids is 1. The molecule has 2 aromatic rings. The highest BCUT2D eigenvalue weighted by Gasteiger charge is 2.20. The Kier molecular flexibility index (Phi) is 5.42. The molecule has 6 heteroatoms. The third-order valence-electron chi connectivity index (χ3n) is 3.50. The van der Waals surface area contributed by atoms with Gasteiger partial charge in [0.25, 0.3) is 5.69 Å². The number of carbonyl (C=O) groups is 1. The van der Waals surface area contributed by atoms with E-state index in [4.69, 9.17) is 4.74 Å². The van der Waals surface area contributed by atoms with Crippen molar-refractivity contribution in [2.45, 2.75) is 20.0 Å². The van der Waals surface area contributed by atoms with Crippen molar-refractivity contribution in [1.82, 2.24) is 0 Å². The summed E-state index contributed by atoms with van der Waals surface area (Å²) in [7, 11) is 0. The van der Waals surface area contributed by atoms with Crippen LogP contribution in [0.1, 0.15) is 31.1 Å². The van der Waals surface area contributed by atoms with Crippen LogP contribution in [0.25, 0.3) is 5.57 Å². The molecular weight excluding hydrogens is 313 g/mol. The second kappa shape index (κ2) is 7.50. The first kappa shape index (κ1) is 17.3. The van der Waals surface area contributed by atoms with Crippen LogP contribution in [0.2, 0.25) is 0 Å². The van der Waals surface area contributed by atoms with E-state index in [9.17, 15) is 19.3 Å². The van der Waals surface area contributed by atoms with Crippen LogP contribution < -0.4 is 0 Å². The molecule has 124 valence electrons. The number of para-hydroxylation sites is 1. The molecule has 0 N–H and O–H groups in total. The van der Waals surface area contributed by atoms with Gasteiger partial charge in [0.15, 0.2) is 0 Å². The van der Waals surface area contributed by atoms with Crippen molar-refractivity contribution in [2.75, 3.05) is 0 Å². The van der Waals surface area contributed by atoms with Gasteiger partial charge in [0, 0.05) is 12.1 Å². The molecule has 1 unspecified atom stereocenters. The van der Waals surface area contributed by atoms with Gasteiger partial charge in [0.1, 0.15) is 11.9 Å². The first-order valence-corrected chi connectivity index (χ1v) is 7.26. The first-order chi connectivity index (χ1) is 11.4. The summed E-state index contributed by atoms with van der Waals surface area (Å²) in [6.07, 6.45) is 0.509. The van der Waals surface area contributed by atoms with E-state index in [2.05, 4.69) is 0 Å². The lowest BCUT2D eigenvalue weighted by Crippen LogP contribution is -2.08. The minimum absolute atomic E-state index is 0.1000. The normalized spacial score (nSPS) is 12.5. The Labute approximate surface area is 138 Å². The highest BCUT2D eigenvalue weighted by atomic mass is 19.1. The van der Waals surface area contributed by atoms with Gasteiger partial charge in [-0.05, 0) is 43.2 Å². The number of hydrogen-bond acceptors (Lipinski definition) is 4. The molecule has 0 spiro atoms. The standard InChI is InChI=1S/C18H16FNO4/c1-12(14-7-9-15(19)10-8-14)11-18(21)24-13(2)16-5-3-4-6-17(16)20(22)23/h3-11,13H,1-2H3/b12-11-. The van der Waals surface area contributed by atoms with Crippen LogP contribution in [-0.4, -0.2) is 10.9 Å². The fourth-order valence-electron chi connectivity index (χ4n) is 2.24. The van der Waals surface area contributed by atoms with Crippen molar-refractivity contribution >= 4 is 17.2 Å². The number of nitro groups is 1. The SMILES string of the molecule is C/C(=C/C(=O)OC(C)c1ccccc1[N+](=O)[O-])c1ccc(F)cc1. The minimum atomic E-state index is -0.767. The monoisotopic (exact) mass is 329 g/mol. The van der Waals surface area contributed by atoms with Crippen molar-refractivity contribution in [3.8, 4) is 0 Å². The van der Waals surface area contributed by atoms with Crippen molar-refractivity contribution < 1.29 is 18.8 Å². The zero-order chi connectivity index (χ0) is 17.7. The lowest BCUT2D eigenvalue weighted by atomic mass is 10.1. The molecule has 5 nitrogen and oxygen atoms in total. The summed E-state index contributed by atoms with van der Waals surface area (Å²) in [5, 5.41) is 11.0. The van der Waals surface area contributed by atoms with E-state index in [1.165, 1.54) is 24.3 Å². The summed E-state index contributed by atoms with van der Waals surface area (Å²) in [5.41, 5.74) is 1.52. The van der Waals surface area contributed by atoms with Crippen LogP contribution in [0.15, 0.2) is 54.6 Å². The van der Waals surface area contributed by atoms with Crippen LogP contribution in [0.3, 0.4) is 0 Å². The molecule has 0 aliphatic heterocycles. The molecule has 0 heterocycles. The molecule has 0 radical (unpaired) electrons. The number of rotatable bonds is 5. The van der Waals surface area contributed by atoms with Crippen molar-refractivity contribution in [1.29, 1.82) is 0 Å². The number of hydrogen-bond donors (Lipinski definition) is 0. The summed E-state index contributed by atoms with van der Waals surface area (Å²) < 4.78 is 18.2. The number of ether oxygens (including phenoxy) is 1. The van der Waals surface area contributed by atoms with E-state index < -0.39 is 17.0 Å². The minimum Gasteiger partial charge on any atom is -0.454 e. The topological polar surface area (TPSA) is 69.4 Å². The number of esters is 1. The lowest BCUT2D eigenvalue weighted by Gasteiger charge is -2.12. The van der Waals surface area contributed by atoms with Gasteiger partial charge in [-0.2, -0.15) is 0 Å². The Balaban J connectivity index is 2.13. The third-order valence-corrected chi connectivity index (χ3v) is 3.50. The van der Waals surface area contributed by atoms with E-state index in [1.54, 1.807) is 44.2 Å². The van der Waals surface area contributed by atoms with Crippen LogP contribution in [0.5, 0.6) is 0 Å². The number of benzene rings is 2. The molecule has 24 heavy (non-hydrogen) atoms. The van der Waals surface area contributed by atoms with Crippen LogP contribution in [-0.2, 0) is 9.53 Å². The Hall–Kier alpha value is -3.02. The summed E-state index contributed by atoms with van der Waals surface area (Å²) in [5.74, 6) is -0.985. The molecule has 0 saturated carbocycles. The number of nitrogens with zero attached hydrogens (tertiary/aromatic N) is 1. The van der Waals surface area contributed by atoms with Crippen molar-refractivity contribution in [2.24, 2.45) is 0 Å². The number of halogens is 1. The molecule has 2 rings (SSSR count). The maximum Gasteiger partial charge on any atom is 0.331 e. The maximum atomic E-state index is 12.9. The molecule has 2 aromatic carbocycles. The van der Waals surface area contributed by atoms with E-state index in [-0.39, 0.29) is 11.5 Å². The van der Waals surface area contributed by atoms with E-state index >= 15 is 0 Å². The quantitative estimate of drug-likeness (QED) is 0.352. The van der Waals surface area contributed by atoms with Crippen LogP contribution in [0, 0.1) is 15.9 Å². The molecule has 0 saturated heterocycles. The molecule has 0 bridgehead atoms. The smallest absolute Gasteiger partial charge is 0.331 e. The van der Waals surface area contributed by atoms with Gasteiger partial charge in [0.2, 0.25) is 0 Å². The van der Waals surface area contributed by atoms with Gasteiger partial charge in [0.05, 0.1) is 10.5 Å². The summed E-state index contributed by atoms with van der Waals surface area (Å²) in [4.78, 5) is 22.5. The van der Waals surface area contributed by atoms with Gasteiger partial charge in [-0.1, -0.05) is 24.3 Å². The molecule has 0 aliphatic carbocycles. The average Bonchev–Trinajstić information content (AvgIpc) is 2.55. The molecule has 1 atom stereocenters. The Morgan fingerprint density at radius 3 is 2.46 bits per heavy atom. The van der Waals surface area contributed by atoms with E-state index in [0.29, 0.717) is 16.7 Å². The largest absolute Gasteiger partial charge is 0.454 e. The fraction of sp³-hybridized carbons (Fsp3) is 0.167. The Morgan fingerprint density at radius 1 is 1.21 bits per heavy atom. The second-order valence-electron chi connectivity index (χ2n) is 5.23. The Morgan fingerprint density at radius 2 is 1.83 bits per heavy atom. The average molecular weight is 329 g/mol. The molecular formula is C18H16FNO4. The molecule has 0 aromatic heterocycles. The molecule has 0 aliphatic rings. The fourth-order valence-corrected chi connectivity index (χ4v) is 2.24. The van der Waals surface area contributed by atoms with E-state index in [0.717, 1.165) is 0 Å². The van der Waals surface area contributed by atoms with Crippen LogP contribution in [0.4, 0.5) is 10.1 Å². The summed E-state index contributed by atoms with van der Waals surface area (Å²) >= 11 is 0. The van der Waals surface area contributed by atoms with Gasteiger partial charge in [-0.25, -0.2) is 9.18 Å². The molecule has 0 amide bonds. The van der Waals surface area contributed by atoms with Crippen molar-refractivity contribution in [3.05, 3.63) is 81.7 Å². The van der Waals surface area contributed by atoms with Gasteiger partial charge < -0.3 is 4.74 Å². The molecule has 0 fully saturated rings. The zero-order valence-electron chi connectivity index (χ0n) is 13.2. The van der Waals surface area contributed by atoms with Crippen molar-refractivity contribution in [3.63, 3.8) is 0 Å². The maximum absolute atomic E-state index is 12.9. The third kappa shape index (κ3) is 4.25. The number of nitro benzene ring substituents is 1. The highest BCUT2D eigenvalue weighted by molar-refractivity contribution is 5.91.